The summed E-state index contributed by atoms with van der Waals surface area (Å²) in [6.07, 6.45) is 1.29. The lowest BCUT2D eigenvalue weighted by molar-refractivity contribution is -0.130. The van der Waals surface area contributed by atoms with Gasteiger partial charge in [0.1, 0.15) is 0 Å². The van der Waals surface area contributed by atoms with Crippen molar-refractivity contribution >= 4 is 40.3 Å². The Bertz CT molecular complexity index is 632. The Balaban J connectivity index is 2.75. The van der Waals surface area contributed by atoms with Crippen molar-refractivity contribution in [3.05, 3.63) is 35.4 Å². The molecule has 0 aliphatic carbocycles. The highest BCUT2D eigenvalue weighted by Gasteiger charge is 2.24. The number of carbonyl (C=O) groups is 3. The van der Waals surface area contributed by atoms with Crippen LogP contribution in [0, 0.1) is 11.8 Å². The number of benzene rings is 1. The zero-order valence-electron chi connectivity index (χ0n) is 16.3. The number of nitrogens with two attached hydrogens (primary N) is 1. The smallest absolute Gasteiger partial charge is 0.312 e. The van der Waals surface area contributed by atoms with Gasteiger partial charge in [0.25, 0.3) is 0 Å². The Morgan fingerprint density at radius 3 is 2.19 bits per heavy atom. The Labute approximate surface area is 175 Å². The number of Topliss-reactive ketones (excluding diaryl/α,β-unsaturated/α-hetero) is 1. The van der Waals surface area contributed by atoms with Crippen LogP contribution >= 0.6 is 22.6 Å². The largest absolute Gasteiger partial charge is 0.352 e. The standard InChI is InChI=1S/C20H30IN3O3/c1-13(2)14(3)19(26)24-17(5-4-10-23-20(22)27)18(25)11-15-6-8-16(12-21)9-7-15/h6-9,13-14,17H,4-5,10-12H2,1-3H3,(H,24,26)(H3,22,23,27). The molecule has 150 valence electrons. The van der Waals surface area contributed by atoms with Gasteiger partial charge in [-0.1, -0.05) is 67.6 Å². The second-order valence-electron chi connectivity index (χ2n) is 7.12. The first-order valence-electron chi connectivity index (χ1n) is 9.24. The van der Waals surface area contributed by atoms with E-state index in [1.54, 1.807) is 0 Å². The minimum absolute atomic E-state index is 0.0272. The van der Waals surface area contributed by atoms with E-state index in [0.717, 1.165) is 9.99 Å². The van der Waals surface area contributed by atoms with E-state index in [0.29, 0.717) is 19.4 Å². The highest BCUT2D eigenvalue weighted by atomic mass is 127. The molecule has 1 rings (SSSR count). The molecule has 7 heteroatoms. The summed E-state index contributed by atoms with van der Waals surface area (Å²) in [6.45, 7) is 6.19. The lowest BCUT2D eigenvalue weighted by atomic mass is 9.95. The van der Waals surface area contributed by atoms with Crippen molar-refractivity contribution in [3.63, 3.8) is 0 Å². The monoisotopic (exact) mass is 487 g/mol. The highest BCUT2D eigenvalue weighted by molar-refractivity contribution is 14.1. The zero-order valence-corrected chi connectivity index (χ0v) is 18.4. The molecule has 0 spiro atoms. The molecule has 6 nitrogen and oxygen atoms in total. The fourth-order valence-corrected chi connectivity index (χ4v) is 3.02. The molecular formula is C20H30IN3O3. The number of primary amides is 1. The molecule has 4 N–H and O–H groups in total. The molecule has 2 atom stereocenters. The maximum atomic E-state index is 12.8. The number of hydrogen-bond acceptors (Lipinski definition) is 3. The van der Waals surface area contributed by atoms with Crippen LogP contribution in [0.5, 0.6) is 0 Å². The summed E-state index contributed by atoms with van der Waals surface area (Å²) in [5, 5.41) is 5.41. The summed E-state index contributed by atoms with van der Waals surface area (Å²) in [7, 11) is 0. The van der Waals surface area contributed by atoms with Gasteiger partial charge in [0.05, 0.1) is 6.04 Å². The van der Waals surface area contributed by atoms with Crippen LogP contribution < -0.4 is 16.4 Å². The number of rotatable bonds is 11. The summed E-state index contributed by atoms with van der Waals surface area (Å²) in [6, 6.07) is 6.77. The van der Waals surface area contributed by atoms with E-state index in [1.807, 2.05) is 45.0 Å². The van der Waals surface area contributed by atoms with Crippen LogP contribution in [0.25, 0.3) is 0 Å². The highest BCUT2D eigenvalue weighted by Crippen LogP contribution is 2.13. The van der Waals surface area contributed by atoms with Crippen molar-refractivity contribution in [2.24, 2.45) is 17.6 Å². The first-order chi connectivity index (χ1) is 12.7. The summed E-state index contributed by atoms with van der Waals surface area (Å²) in [4.78, 5) is 36.0. The minimum Gasteiger partial charge on any atom is -0.352 e. The summed E-state index contributed by atoms with van der Waals surface area (Å²) in [5.74, 6) is -0.128. The van der Waals surface area contributed by atoms with Crippen molar-refractivity contribution in [3.8, 4) is 0 Å². The zero-order chi connectivity index (χ0) is 20.4. The second kappa shape index (κ2) is 11.9. The number of nitrogens with one attached hydrogen (secondary N) is 2. The van der Waals surface area contributed by atoms with Gasteiger partial charge in [-0.25, -0.2) is 4.79 Å². The fourth-order valence-electron chi connectivity index (χ4n) is 2.51. The van der Waals surface area contributed by atoms with E-state index in [2.05, 4.69) is 33.2 Å². The van der Waals surface area contributed by atoms with Gasteiger partial charge in [-0.3, -0.25) is 9.59 Å². The van der Waals surface area contributed by atoms with E-state index in [9.17, 15) is 14.4 Å². The molecule has 2 unspecified atom stereocenters. The van der Waals surface area contributed by atoms with Crippen molar-refractivity contribution in [1.29, 1.82) is 0 Å². The molecule has 0 saturated heterocycles. The molecule has 3 amide bonds. The molecule has 27 heavy (non-hydrogen) atoms. The van der Waals surface area contributed by atoms with Crippen LogP contribution in [0.2, 0.25) is 0 Å². The molecule has 0 fully saturated rings. The van der Waals surface area contributed by atoms with E-state index < -0.39 is 12.1 Å². The van der Waals surface area contributed by atoms with Gasteiger partial charge in [0.2, 0.25) is 5.91 Å². The lowest BCUT2D eigenvalue weighted by Gasteiger charge is -2.22. The topological polar surface area (TPSA) is 101 Å². The van der Waals surface area contributed by atoms with Crippen molar-refractivity contribution in [1.82, 2.24) is 10.6 Å². The van der Waals surface area contributed by atoms with Crippen LogP contribution in [0.3, 0.4) is 0 Å². The first-order valence-corrected chi connectivity index (χ1v) is 10.8. The Morgan fingerprint density at radius 2 is 1.67 bits per heavy atom. The van der Waals surface area contributed by atoms with Gasteiger partial charge in [0.15, 0.2) is 5.78 Å². The van der Waals surface area contributed by atoms with Gasteiger partial charge in [-0.05, 0) is 29.9 Å². The third-order valence-corrected chi connectivity index (χ3v) is 5.52. The molecule has 0 bridgehead atoms. The first kappa shape index (κ1) is 23.4. The van der Waals surface area contributed by atoms with Crippen LogP contribution in [-0.2, 0) is 20.4 Å². The average molecular weight is 487 g/mol. The number of urea groups is 1. The summed E-state index contributed by atoms with van der Waals surface area (Å²) < 4.78 is 0.921. The number of alkyl halides is 1. The molecular weight excluding hydrogens is 457 g/mol. The average Bonchev–Trinajstić information content (AvgIpc) is 2.63. The SMILES string of the molecule is CC(C)C(C)C(=O)NC(CCCNC(N)=O)C(=O)Cc1ccc(CI)cc1. The molecule has 0 radical (unpaired) electrons. The van der Waals surface area contributed by atoms with E-state index in [-0.39, 0.29) is 29.9 Å². The predicted octanol–water partition coefficient (Wildman–Crippen LogP) is 2.96. The van der Waals surface area contributed by atoms with Gasteiger partial charge in [-0.2, -0.15) is 0 Å². The molecule has 1 aromatic carbocycles. The quantitative estimate of drug-likeness (QED) is 0.254. The lowest BCUT2D eigenvalue weighted by Crippen LogP contribution is -2.45. The number of halogens is 1. The van der Waals surface area contributed by atoms with Crippen molar-refractivity contribution in [2.45, 2.75) is 50.5 Å². The van der Waals surface area contributed by atoms with E-state index >= 15 is 0 Å². The second-order valence-corrected chi connectivity index (χ2v) is 7.88. The van der Waals surface area contributed by atoms with Gasteiger partial charge in [-0.15, -0.1) is 0 Å². The van der Waals surface area contributed by atoms with E-state index in [1.165, 1.54) is 5.56 Å². The van der Waals surface area contributed by atoms with Crippen molar-refractivity contribution in [2.75, 3.05) is 6.54 Å². The van der Waals surface area contributed by atoms with Crippen LogP contribution in [0.4, 0.5) is 4.79 Å². The molecule has 0 aromatic heterocycles. The number of ketones is 1. The third kappa shape index (κ3) is 8.73. The van der Waals surface area contributed by atoms with Crippen LogP contribution in [0.1, 0.15) is 44.7 Å². The maximum Gasteiger partial charge on any atom is 0.312 e. The molecule has 0 aliphatic heterocycles. The Kier molecular flexibility index (Phi) is 10.4. The molecule has 0 heterocycles. The molecule has 0 saturated carbocycles. The normalized spacial score (nSPS) is 13.1. The number of carbonyl (C=O) groups excluding carboxylic acids is 3. The summed E-state index contributed by atoms with van der Waals surface area (Å²) in [5.41, 5.74) is 7.20. The van der Waals surface area contributed by atoms with Crippen LogP contribution in [-0.4, -0.2) is 30.3 Å². The third-order valence-electron chi connectivity index (χ3n) is 4.64. The van der Waals surface area contributed by atoms with Crippen molar-refractivity contribution < 1.29 is 14.4 Å². The Hall–Kier alpha value is -1.64. The number of amides is 3. The predicted molar refractivity (Wildman–Crippen MR) is 116 cm³/mol. The van der Waals surface area contributed by atoms with Gasteiger partial charge >= 0.3 is 6.03 Å². The van der Waals surface area contributed by atoms with Gasteiger partial charge < -0.3 is 16.4 Å². The van der Waals surface area contributed by atoms with Crippen LogP contribution in [0.15, 0.2) is 24.3 Å². The molecule has 1 aromatic rings. The number of hydrogen-bond donors (Lipinski definition) is 3. The Morgan fingerprint density at radius 1 is 1.07 bits per heavy atom. The molecule has 0 aliphatic rings. The summed E-state index contributed by atoms with van der Waals surface area (Å²) >= 11 is 2.30. The van der Waals surface area contributed by atoms with E-state index in [4.69, 9.17) is 5.73 Å². The maximum absolute atomic E-state index is 12.8. The van der Waals surface area contributed by atoms with Gasteiger partial charge in [0, 0.05) is 23.3 Å². The fraction of sp³-hybridized carbons (Fsp3) is 0.550. The minimum atomic E-state index is -0.592.